The molecule has 0 aliphatic carbocycles. The fourth-order valence-electron chi connectivity index (χ4n) is 2.88. The number of imidazole rings is 1. The van der Waals surface area contributed by atoms with Crippen LogP contribution in [0, 0.1) is 5.92 Å². The molecular weight excluding hydrogens is 232 g/mol. The van der Waals surface area contributed by atoms with Gasteiger partial charge in [0.25, 0.3) is 0 Å². The molecule has 1 atom stereocenters. The molecule has 0 saturated carbocycles. The molecule has 17 heavy (non-hydrogen) atoms. The molecule has 0 amide bonds. The Labute approximate surface area is 107 Å². The Balaban J connectivity index is 1.71. The normalized spacial score (nSPS) is 25.8. The Kier molecular flexibility index (Phi) is 3.43. The first-order valence-electron chi connectivity index (χ1n) is 6.62. The van der Waals surface area contributed by atoms with Gasteiger partial charge < -0.3 is 9.67 Å². The third-order valence-corrected chi connectivity index (χ3v) is 5.01. The van der Waals surface area contributed by atoms with E-state index in [4.69, 9.17) is 0 Å². The molecular formula is C13H20N2OS. The van der Waals surface area contributed by atoms with Gasteiger partial charge in [0.2, 0.25) is 0 Å². The van der Waals surface area contributed by atoms with E-state index in [0.717, 1.165) is 31.7 Å². The zero-order chi connectivity index (χ0) is 11.7. The Bertz CT molecular complexity index is 385. The molecule has 3 rings (SSSR count). The second-order valence-corrected chi connectivity index (χ2v) is 6.45. The zero-order valence-corrected chi connectivity index (χ0v) is 11.0. The van der Waals surface area contributed by atoms with Crippen LogP contribution in [-0.2, 0) is 19.4 Å². The summed E-state index contributed by atoms with van der Waals surface area (Å²) in [6, 6.07) is 0. The summed E-state index contributed by atoms with van der Waals surface area (Å²) in [4.78, 5) is 4.57. The molecule has 1 aromatic heterocycles. The monoisotopic (exact) mass is 252 g/mol. The highest BCUT2D eigenvalue weighted by Gasteiger charge is 2.22. The largest absolute Gasteiger partial charge is 0.393 e. The SMILES string of the molecule is OC1CCn2c(cnc2CC2CCSCC2)C1. The highest BCUT2D eigenvalue weighted by Crippen LogP contribution is 2.27. The van der Waals surface area contributed by atoms with Crippen LogP contribution in [-0.4, -0.2) is 32.3 Å². The van der Waals surface area contributed by atoms with Gasteiger partial charge in [-0.1, -0.05) is 0 Å². The molecule has 2 aliphatic rings. The lowest BCUT2D eigenvalue weighted by Crippen LogP contribution is -2.24. The van der Waals surface area contributed by atoms with Crippen LogP contribution in [0.3, 0.4) is 0 Å². The van der Waals surface area contributed by atoms with Gasteiger partial charge in [-0.05, 0) is 36.7 Å². The van der Waals surface area contributed by atoms with Crippen molar-refractivity contribution in [2.24, 2.45) is 5.92 Å². The number of thioether (sulfide) groups is 1. The number of nitrogens with zero attached hydrogens (tertiary/aromatic N) is 2. The van der Waals surface area contributed by atoms with Crippen molar-refractivity contribution < 1.29 is 5.11 Å². The fourth-order valence-corrected chi connectivity index (χ4v) is 4.09. The van der Waals surface area contributed by atoms with Gasteiger partial charge in [0.1, 0.15) is 5.82 Å². The molecule has 1 aromatic rings. The van der Waals surface area contributed by atoms with E-state index in [-0.39, 0.29) is 6.10 Å². The minimum absolute atomic E-state index is 0.155. The van der Waals surface area contributed by atoms with Gasteiger partial charge in [-0.15, -0.1) is 0 Å². The van der Waals surface area contributed by atoms with Crippen molar-refractivity contribution in [3.63, 3.8) is 0 Å². The van der Waals surface area contributed by atoms with Gasteiger partial charge in [-0.3, -0.25) is 0 Å². The van der Waals surface area contributed by atoms with E-state index in [1.54, 1.807) is 0 Å². The number of aliphatic hydroxyl groups is 1. The molecule has 3 nitrogen and oxygen atoms in total. The lowest BCUT2D eigenvalue weighted by atomic mass is 9.98. The lowest BCUT2D eigenvalue weighted by molar-refractivity contribution is 0.142. The first-order valence-corrected chi connectivity index (χ1v) is 7.77. The molecule has 0 bridgehead atoms. The third-order valence-electron chi connectivity index (χ3n) is 3.96. The topological polar surface area (TPSA) is 38.0 Å². The van der Waals surface area contributed by atoms with Crippen molar-refractivity contribution in [1.82, 2.24) is 9.55 Å². The van der Waals surface area contributed by atoms with Crippen LogP contribution in [0.25, 0.3) is 0 Å². The molecule has 94 valence electrons. The summed E-state index contributed by atoms with van der Waals surface area (Å²) < 4.78 is 2.34. The third kappa shape index (κ3) is 2.52. The maximum Gasteiger partial charge on any atom is 0.109 e. The number of hydrogen-bond donors (Lipinski definition) is 1. The molecule has 0 spiro atoms. The maximum absolute atomic E-state index is 9.64. The predicted octanol–water partition coefficient (Wildman–Crippen LogP) is 1.88. The van der Waals surface area contributed by atoms with Crippen LogP contribution < -0.4 is 0 Å². The lowest BCUT2D eigenvalue weighted by Gasteiger charge is -2.24. The summed E-state index contributed by atoms with van der Waals surface area (Å²) in [5.74, 6) is 4.71. The molecule has 1 unspecified atom stereocenters. The van der Waals surface area contributed by atoms with Gasteiger partial charge >= 0.3 is 0 Å². The molecule has 0 radical (unpaired) electrons. The summed E-state index contributed by atoms with van der Waals surface area (Å²) in [5.41, 5.74) is 1.23. The number of hydrogen-bond acceptors (Lipinski definition) is 3. The van der Waals surface area contributed by atoms with Gasteiger partial charge in [0.15, 0.2) is 0 Å². The average Bonchev–Trinajstić information content (AvgIpc) is 2.73. The van der Waals surface area contributed by atoms with Crippen molar-refractivity contribution in [3.8, 4) is 0 Å². The quantitative estimate of drug-likeness (QED) is 0.873. The highest BCUT2D eigenvalue weighted by molar-refractivity contribution is 7.99. The number of aliphatic hydroxyl groups excluding tert-OH is 1. The summed E-state index contributed by atoms with van der Waals surface area (Å²) in [5, 5.41) is 9.64. The van der Waals surface area contributed by atoms with E-state index in [9.17, 15) is 5.11 Å². The molecule has 1 saturated heterocycles. The van der Waals surface area contributed by atoms with Gasteiger partial charge in [0.05, 0.1) is 6.10 Å². The second-order valence-electron chi connectivity index (χ2n) is 5.22. The van der Waals surface area contributed by atoms with Gasteiger partial charge in [-0.25, -0.2) is 4.98 Å². The van der Waals surface area contributed by atoms with Crippen LogP contribution in [0.5, 0.6) is 0 Å². The van der Waals surface area contributed by atoms with Crippen LogP contribution >= 0.6 is 11.8 Å². The van der Waals surface area contributed by atoms with Crippen molar-refractivity contribution in [3.05, 3.63) is 17.7 Å². The Morgan fingerprint density at radius 3 is 3.00 bits per heavy atom. The molecule has 3 heterocycles. The van der Waals surface area contributed by atoms with E-state index in [2.05, 4.69) is 21.3 Å². The van der Waals surface area contributed by atoms with E-state index in [1.807, 2.05) is 6.20 Å². The van der Waals surface area contributed by atoms with E-state index in [1.165, 1.54) is 35.9 Å². The summed E-state index contributed by atoms with van der Waals surface area (Å²) >= 11 is 2.08. The van der Waals surface area contributed by atoms with Crippen LogP contribution in [0.4, 0.5) is 0 Å². The average molecular weight is 252 g/mol. The van der Waals surface area contributed by atoms with Crippen molar-refractivity contribution in [2.45, 2.75) is 44.8 Å². The van der Waals surface area contributed by atoms with Gasteiger partial charge in [-0.2, -0.15) is 11.8 Å². The van der Waals surface area contributed by atoms with Crippen molar-refractivity contribution in [1.29, 1.82) is 0 Å². The van der Waals surface area contributed by atoms with Crippen LogP contribution in [0.15, 0.2) is 6.20 Å². The van der Waals surface area contributed by atoms with E-state index in [0.29, 0.717) is 0 Å². The number of fused-ring (bicyclic) bond motifs is 1. The van der Waals surface area contributed by atoms with Crippen molar-refractivity contribution >= 4 is 11.8 Å². The minimum atomic E-state index is -0.155. The highest BCUT2D eigenvalue weighted by atomic mass is 32.2. The summed E-state index contributed by atoms with van der Waals surface area (Å²) in [6.07, 6.45) is 7.31. The Hall–Kier alpha value is -0.480. The number of rotatable bonds is 2. The minimum Gasteiger partial charge on any atom is -0.393 e. The Morgan fingerprint density at radius 2 is 2.18 bits per heavy atom. The maximum atomic E-state index is 9.64. The number of aromatic nitrogens is 2. The zero-order valence-electron chi connectivity index (χ0n) is 10.1. The first kappa shape index (κ1) is 11.6. The van der Waals surface area contributed by atoms with Gasteiger partial charge in [0, 0.05) is 31.3 Å². The molecule has 0 aromatic carbocycles. The Morgan fingerprint density at radius 1 is 1.35 bits per heavy atom. The predicted molar refractivity (Wildman–Crippen MR) is 70.3 cm³/mol. The smallest absolute Gasteiger partial charge is 0.109 e. The fraction of sp³-hybridized carbons (Fsp3) is 0.769. The van der Waals surface area contributed by atoms with E-state index < -0.39 is 0 Å². The molecule has 2 aliphatic heterocycles. The van der Waals surface area contributed by atoms with Crippen molar-refractivity contribution in [2.75, 3.05) is 11.5 Å². The second kappa shape index (κ2) is 5.02. The molecule has 1 fully saturated rings. The van der Waals surface area contributed by atoms with Crippen LogP contribution in [0.1, 0.15) is 30.8 Å². The molecule has 4 heteroatoms. The standard InChI is InChI=1S/C13H20N2OS/c16-12-1-4-15-11(8-12)9-14-13(15)7-10-2-5-17-6-3-10/h9-10,12,16H,1-8H2. The summed E-state index contributed by atoms with van der Waals surface area (Å²) in [6.45, 7) is 0.952. The first-order chi connectivity index (χ1) is 8.33. The van der Waals surface area contributed by atoms with E-state index >= 15 is 0 Å². The van der Waals surface area contributed by atoms with Crippen LogP contribution in [0.2, 0.25) is 0 Å². The summed E-state index contributed by atoms with van der Waals surface area (Å²) in [7, 11) is 0. The molecule has 1 N–H and O–H groups in total.